The third kappa shape index (κ3) is 3.25. The molecular weight excluding hydrogens is 398 g/mol. The second-order valence-electron chi connectivity index (χ2n) is 8.17. The molecule has 0 aliphatic carbocycles. The Morgan fingerprint density at radius 1 is 1.06 bits per heavy atom. The lowest BCUT2D eigenvalue weighted by molar-refractivity contribution is 0.568. The van der Waals surface area contributed by atoms with Crippen molar-refractivity contribution in [3.05, 3.63) is 84.6 Å². The molecule has 6 rings (SSSR count). The van der Waals surface area contributed by atoms with Crippen LogP contribution in [0, 0.1) is 0 Å². The minimum atomic E-state index is 0.573. The first-order valence-electron chi connectivity index (χ1n) is 10.8. The maximum Gasteiger partial charge on any atom is 0.227 e. The van der Waals surface area contributed by atoms with Crippen LogP contribution in [0.25, 0.3) is 33.3 Å². The average Bonchev–Trinajstić information content (AvgIpc) is 3.48. The fourth-order valence-corrected chi connectivity index (χ4v) is 4.49. The molecule has 0 amide bonds. The molecule has 0 bridgehead atoms. The van der Waals surface area contributed by atoms with Crippen molar-refractivity contribution in [2.75, 3.05) is 11.9 Å². The Labute approximate surface area is 185 Å². The van der Waals surface area contributed by atoms with Crippen LogP contribution in [0.15, 0.2) is 77.9 Å². The molecule has 0 saturated carbocycles. The van der Waals surface area contributed by atoms with E-state index in [1.54, 1.807) is 12.5 Å². The molecule has 6 nitrogen and oxygen atoms in total. The Morgan fingerprint density at radius 2 is 2.00 bits per heavy atom. The van der Waals surface area contributed by atoms with Gasteiger partial charge < -0.3 is 19.6 Å². The van der Waals surface area contributed by atoms with Gasteiger partial charge in [-0.25, -0.2) is 9.97 Å². The normalized spacial score (nSPS) is 13.3. The summed E-state index contributed by atoms with van der Waals surface area (Å²) in [6.45, 7) is 1.93. The lowest BCUT2D eigenvalue weighted by Crippen LogP contribution is -2.23. The highest BCUT2D eigenvalue weighted by atomic mass is 16.3. The minimum absolute atomic E-state index is 0.573. The van der Waals surface area contributed by atoms with Gasteiger partial charge >= 0.3 is 0 Å². The van der Waals surface area contributed by atoms with Crippen molar-refractivity contribution in [3.63, 3.8) is 0 Å². The van der Waals surface area contributed by atoms with E-state index < -0.39 is 0 Å². The van der Waals surface area contributed by atoms with Gasteiger partial charge in [0.05, 0.1) is 18.2 Å². The largest absolute Gasteiger partial charge is 0.472 e. The quantitative estimate of drug-likeness (QED) is 0.413. The molecule has 0 saturated heterocycles. The van der Waals surface area contributed by atoms with Gasteiger partial charge in [-0.1, -0.05) is 24.3 Å². The predicted molar refractivity (Wildman–Crippen MR) is 127 cm³/mol. The van der Waals surface area contributed by atoms with Crippen molar-refractivity contribution >= 4 is 22.5 Å². The third-order valence-corrected chi connectivity index (χ3v) is 6.12. The Kier molecular flexibility index (Phi) is 4.51. The van der Waals surface area contributed by atoms with Crippen molar-refractivity contribution in [2.24, 2.45) is 7.05 Å². The van der Waals surface area contributed by atoms with Gasteiger partial charge in [0.2, 0.25) is 5.95 Å². The first-order chi connectivity index (χ1) is 15.8. The number of hydrogen-bond donors (Lipinski definition) is 2. The van der Waals surface area contributed by atoms with Gasteiger partial charge in [0.25, 0.3) is 0 Å². The predicted octanol–water partition coefficient (Wildman–Crippen LogP) is 5.28. The zero-order valence-corrected chi connectivity index (χ0v) is 17.8. The Bertz CT molecular complexity index is 1420. The standard InChI is InChI=1S/C26H23N5O/c1-31-15-23(21-4-2-3-5-24(21)31)25-22(18-9-11-32-16-18)14-28-26(30-25)29-20-7-6-17-8-10-27-13-19(17)12-20/h2-7,9,11-12,14-16,27H,8,10,13H2,1H3,(H,28,29,30). The molecule has 4 heterocycles. The van der Waals surface area contributed by atoms with E-state index in [1.165, 1.54) is 11.1 Å². The first-order valence-corrected chi connectivity index (χ1v) is 10.8. The smallest absolute Gasteiger partial charge is 0.227 e. The molecule has 0 spiro atoms. The van der Waals surface area contributed by atoms with E-state index in [1.807, 2.05) is 12.3 Å². The Morgan fingerprint density at radius 3 is 2.91 bits per heavy atom. The van der Waals surface area contributed by atoms with Gasteiger partial charge in [-0.05, 0) is 48.4 Å². The Hall–Kier alpha value is -3.90. The van der Waals surface area contributed by atoms with E-state index in [9.17, 15) is 0 Å². The number of fused-ring (bicyclic) bond motifs is 2. The third-order valence-electron chi connectivity index (χ3n) is 6.12. The molecule has 1 aliphatic heterocycles. The zero-order valence-electron chi connectivity index (χ0n) is 17.8. The van der Waals surface area contributed by atoms with E-state index in [2.05, 4.69) is 75.9 Å². The van der Waals surface area contributed by atoms with Gasteiger partial charge in [-0.2, -0.15) is 0 Å². The van der Waals surface area contributed by atoms with Crippen LogP contribution in [0.2, 0.25) is 0 Å². The molecule has 32 heavy (non-hydrogen) atoms. The number of nitrogens with one attached hydrogen (secondary N) is 2. The molecule has 0 unspecified atom stereocenters. The summed E-state index contributed by atoms with van der Waals surface area (Å²) >= 11 is 0. The number of rotatable bonds is 4. The van der Waals surface area contributed by atoms with Crippen LogP contribution in [0.3, 0.4) is 0 Å². The first kappa shape index (κ1) is 18.8. The summed E-state index contributed by atoms with van der Waals surface area (Å²) in [6, 6.07) is 16.8. The van der Waals surface area contributed by atoms with Gasteiger partial charge in [-0.15, -0.1) is 0 Å². The molecule has 1 aliphatic rings. The summed E-state index contributed by atoms with van der Waals surface area (Å²) in [5.41, 5.74) is 8.73. The monoisotopic (exact) mass is 421 g/mol. The lowest BCUT2D eigenvalue weighted by atomic mass is 10.0. The van der Waals surface area contributed by atoms with Crippen LogP contribution < -0.4 is 10.6 Å². The molecule has 3 aromatic heterocycles. The molecule has 0 radical (unpaired) electrons. The number of aryl methyl sites for hydroxylation is 1. The highest BCUT2D eigenvalue weighted by molar-refractivity contribution is 5.98. The van der Waals surface area contributed by atoms with Crippen molar-refractivity contribution in [1.29, 1.82) is 0 Å². The molecule has 0 fully saturated rings. The molecular formula is C26H23N5O. The van der Waals surface area contributed by atoms with Crippen molar-refractivity contribution in [3.8, 4) is 22.4 Å². The summed E-state index contributed by atoms with van der Waals surface area (Å²) in [5, 5.41) is 8.00. The lowest BCUT2D eigenvalue weighted by Gasteiger charge is -2.18. The van der Waals surface area contributed by atoms with Crippen LogP contribution in [0.4, 0.5) is 11.6 Å². The molecule has 158 valence electrons. The molecule has 6 heteroatoms. The highest BCUT2D eigenvalue weighted by Crippen LogP contribution is 2.36. The second-order valence-corrected chi connectivity index (χ2v) is 8.17. The van der Waals surface area contributed by atoms with Crippen LogP contribution in [-0.4, -0.2) is 21.1 Å². The number of aromatic nitrogens is 3. The summed E-state index contributed by atoms with van der Waals surface area (Å²) in [6.07, 6.45) is 8.48. The summed E-state index contributed by atoms with van der Waals surface area (Å²) in [4.78, 5) is 9.61. The fourth-order valence-electron chi connectivity index (χ4n) is 4.49. The van der Waals surface area contributed by atoms with Crippen molar-refractivity contribution in [2.45, 2.75) is 13.0 Å². The van der Waals surface area contributed by atoms with Crippen LogP contribution in [-0.2, 0) is 20.0 Å². The van der Waals surface area contributed by atoms with Crippen LogP contribution in [0.1, 0.15) is 11.1 Å². The molecule has 5 aromatic rings. The maximum absolute atomic E-state index is 5.35. The van der Waals surface area contributed by atoms with E-state index >= 15 is 0 Å². The molecule has 2 aromatic carbocycles. The van der Waals surface area contributed by atoms with E-state index in [4.69, 9.17) is 9.40 Å². The minimum Gasteiger partial charge on any atom is -0.472 e. The SMILES string of the molecule is Cn1cc(-c2nc(Nc3ccc4c(c3)CNCC4)ncc2-c2ccoc2)c2ccccc21. The molecule has 2 N–H and O–H groups in total. The highest BCUT2D eigenvalue weighted by Gasteiger charge is 2.17. The Balaban J connectivity index is 1.46. The van der Waals surface area contributed by atoms with Gasteiger partial charge in [0.1, 0.15) is 0 Å². The van der Waals surface area contributed by atoms with Crippen molar-refractivity contribution in [1.82, 2.24) is 19.9 Å². The number of anilines is 2. The van der Waals surface area contributed by atoms with Crippen LogP contribution >= 0.6 is 0 Å². The van der Waals surface area contributed by atoms with Crippen molar-refractivity contribution < 1.29 is 4.42 Å². The van der Waals surface area contributed by atoms with E-state index in [-0.39, 0.29) is 0 Å². The van der Waals surface area contributed by atoms with Gasteiger partial charge in [0.15, 0.2) is 0 Å². The van der Waals surface area contributed by atoms with E-state index in [0.29, 0.717) is 5.95 Å². The fraction of sp³-hybridized carbons (Fsp3) is 0.154. The zero-order chi connectivity index (χ0) is 21.5. The van der Waals surface area contributed by atoms with Crippen LogP contribution in [0.5, 0.6) is 0 Å². The maximum atomic E-state index is 5.35. The summed E-state index contributed by atoms with van der Waals surface area (Å²) < 4.78 is 7.48. The van der Waals surface area contributed by atoms with Gasteiger partial charge in [0, 0.05) is 59.3 Å². The summed E-state index contributed by atoms with van der Waals surface area (Å²) in [5.74, 6) is 0.573. The number of hydrogen-bond acceptors (Lipinski definition) is 5. The number of para-hydroxylation sites is 1. The van der Waals surface area contributed by atoms with E-state index in [0.717, 1.165) is 58.5 Å². The summed E-state index contributed by atoms with van der Waals surface area (Å²) in [7, 11) is 2.06. The molecule has 0 atom stereocenters. The average molecular weight is 422 g/mol. The van der Waals surface area contributed by atoms with Gasteiger partial charge in [-0.3, -0.25) is 0 Å². The second kappa shape index (κ2) is 7.66. The number of nitrogens with zero attached hydrogens (tertiary/aromatic N) is 3. The topological polar surface area (TPSA) is 67.9 Å². The number of benzene rings is 2. The number of furan rings is 1.